The first kappa shape index (κ1) is 15.4. The first-order chi connectivity index (χ1) is 9.85. The highest BCUT2D eigenvalue weighted by atomic mass is 16.6. The van der Waals surface area contributed by atoms with Crippen molar-refractivity contribution in [1.82, 2.24) is 5.32 Å². The molecule has 1 aromatic rings. The van der Waals surface area contributed by atoms with Crippen molar-refractivity contribution in [3.63, 3.8) is 0 Å². The van der Waals surface area contributed by atoms with Crippen molar-refractivity contribution in [3.8, 4) is 5.75 Å². The summed E-state index contributed by atoms with van der Waals surface area (Å²) in [6, 6.07) is 7.92. The molecule has 1 fully saturated rings. The van der Waals surface area contributed by atoms with Gasteiger partial charge in [-0.25, -0.2) is 4.79 Å². The molecule has 0 bridgehead atoms. The van der Waals surface area contributed by atoms with E-state index in [2.05, 4.69) is 11.9 Å². The summed E-state index contributed by atoms with van der Waals surface area (Å²) in [6.07, 6.45) is 2.71. The fraction of sp³-hybridized carbons (Fsp3) is 0.471. The van der Waals surface area contributed by atoms with Gasteiger partial charge in [0.05, 0.1) is 6.04 Å². The molecule has 2 rings (SSSR count). The van der Waals surface area contributed by atoms with E-state index in [1.54, 1.807) is 6.08 Å². The van der Waals surface area contributed by atoms with Crippen molar-refractivity contribution in [2.75, 3.05) is 0 Å². The van der Waals surface area contributed by atoms with Crippen molar-refractivity contribution < 1.29 is 14.3 Å². The van der Waals surface area contributed by atoms with Crippen LogP contribution in [0.1, 0.15) is 32.8 Å². The lowest BCUT2D eigenvalue weighted by atomic mass is 10.0. The zero-order chi connectivity index (χ0) is 15.5. The van der Waals surface area contributed by atoms with Gasteiger partial charge in [-0.1, -0.05) is 18.2 Å². The summed E-state index contributed by atoms with van der Waals surface area (Å²) in [5, 5.41) is 2.72. The van der Waals surface area contributed by atoms with Crippen molar-refractivity contribution >= 4 is 6.09 Å². The summed E-state index contributed by atoms with van der Waals surface area (Å²) in [5.41, 5.74) is 0.919. The largest absolute Gasteiger partial charge is 0.488 e. The average Bonchev–Trinajstić information content (AvgIpc) is 2.38. The number of carbonyl (C=O) groups is 1. The molecule has 0 aliphatic carbocycles. The molecule has 1 aliphatic heterocycles. The van der Waals surface area contributed by atoms with Crippen LogP contribution < -0.4 is 10.1 Å². The molecule has 0 spiro atoms. The fourth-order valence-electron chi connectivity index (χ4n) is 2.32. The van der Waals surface area contributed by atoms with Crippen LogP contribution in [0.2, 0.25) is 0 Å². The Morgan fingerprint density at radius 3 is 2.62 bits per heavy atom. The lowest BCUT2D eigenvalue weighted by molar-refractivity contribution is 0.0654. The summed E-state index contributed by atoms with van der Waals surface area (Å²) in [6.45, 7) is 9.78. The standard InChI is InChI=1S/C17H23NO3/c1-5-13-11-15(20-16(19)18-13)10-12-6-8-14(9-7-12)21-17(2,3)4/h5-9,13,15H,1,10-11H2,2-4H3,(H,18,19). The third-order valence-electron chi connectivity index (χ3n) is 3.19. The Balaban J connectivity index is 1.96. The molecule has 1 amide bonds. The molecular formula is C17H23NO3. The Morgan fingerprint density at radius 1 is 1.38 bits per heavy atom. The van der Waals surface area contributed by atoms with Gasteiger partial charge in [-0.2, -0.15) is 0 Å². The van der Waals surface area contributed by atoms with Gasteiger partial charge in [-0.3, -0.25) is 0 Å². The van der Waals surface area contributed by atoms with Crippen LogP contribution in [0.3, 0.4) is 0 Å². The van der Waals surface area contributed by atoms with E-state index in [1.807, 2.05) is 45.0 Å². The van der Waals surface area contributed by atoms with Gasteiger partial charge < -0.3 is 14.8 Å². The maximum absolute atomic E-state index is 11.4. The molecule has 1 N–H and O–H groups in total. The highest BCUT2D eigenvalue weighted by Gasteiger charge is 2.26. The van der Waals surface area contributed by atoms with Crippen molar-refractivity contribution in [2.24, 2.45) is 0 Å². The van der Waals surface area contributed by atoms with Crippen molar-refractivity contribution in [3.05, 3.63) is 42.5 Å². The Labute approximate surface area is 126 Å². The molecule has 114 valence electrons. The zero-order valence-corrected chi connectivity index (χ0v) is 12.9. The highest BCUT2D eigenvalue weighted by Crippen LogP contribution is 2.21. The minimum Gasteiger partial charge on any atom is -0.488 e. The second kappa shape index (κ2) is 6.20. The molecule has 4 heteroatoms. The first-order valence-corrected chi connectivity index (χ1v) is 7.23. The Bertz CT molecular complexity index is 502. The SMILES string of the molecule is C=CC1CC(Cc2ccc(OC(C)(C)C)cc2)OC(=O)N1. The molecule has 1 aromatic carbocycles. The third-order valence-corrected chi connectivity index (χ3v) is 3.19. The zero-order valence-electron chi connectivity index (χ0n) is 12.9. The molecule has 0 aromatic heterocycles. The van der Waals surface area contributed by atoms with Gasteiger partial charge in [0.1, 0.15) is 17.5 Å². The quantitative estimate of drug-likeness (QED) is 0.863. The molecule has 1 aliphatic rings. The lowest BCUT2D eigenvalue weighted by Gasteiger charge is -2.28. The molecule has 0 saturated carbocycles. The van der Waals surface area contributed by atoms with Crippen LogP contribution in [0, 0.1) is 0 Å². The van der Waals surface area contributed by atoms with E-state index < -0.39 is 0 Å². The number of amides is 1. The molecule has 2 unspecified atom stereocenters. The van der Waals surface area contributed by atoms with Gasteiger partial charge in [0.15, 0.2) is 0 Å². The summed E-state index contributed by atoms with van der Waals surface area (Å²) >= 11 is 0. The summed E-state index contributed by atoms with van der Waals surface area (Å²) < 4.78 is 11.1. The number of hydrogen-bond acceptors (Lipinski definition) is 3. The maximum atomic E-state index is 11.4. The molecular weight excluding hydrogens is 266 g/mol. The van der Waals surface area contributed by atoms with Gasteiger partial charge in [0.2, 0.25) is 0 Å². The Kier molecular flexibility index (Phi) is 4.56. The number of benzene rings is 1. The molecule has 21 heavy (non-hydrogen) atoms. The summed E-state index contributed by atoms with van der Waals surface area (Å²) in [4.78, 5) is 11.4. The topological polar surface area (TPSA) is 47.6 Å². The smallest absolute Gasteiger partial charge is 0.407 e. The number of hydrogen-bond donors (Lipinski definition) is 1. The second-order valence-corrected chi connectivity index (χ2v) is 6.31. The molecule has 1 heterocycles. The number of ether oxygens (including phenoxy) is 2. The van der Waals surface area contributed by atoms with Crippen molar-refractivity contribution in [1.29, 1.82) is 0 Å². The van der Waals surface area contributed by atoms with Gasteiger partial charge in [-0.15, -0.1) is 6.58 Å². The van der Waals surface area contributed by atoms with E-state index in [4.69, 9.17) is 9.47 Å². The van der Waals surface area contributed by atoms with Gasteiger partial charge >= 0.3 is 6.09 Å². The van der Waals surface area contributed by atoms with Gasteiger partial charge in [-0.05, 0) is 38.5 Å². The van der Waals surface area contributed by atoms with E-state index in [0.29, 0.717) is 6.42 Å². The number of alkyl carbamates (subject to hydrolysis) is 1. The minimum atomic E-state index is -0.371. The average molecular weight is 289 g/mol. The molecule has 0 radical (unpaired) electrons. The van der Waals surface area contributed by atoms with Crippen LogP contribution in [0.25, 0.3) is 0 Å². The number of nitrogens with one attached hydrogen (secondary N) is 1. The van der Waals surface area contributed by atoms with Crippen LogP contribution in [-0.4, -0.2) is 23.8 Å². The van der Waals surface area contributed by atoms with Crippen molar-refractivity contribution in [2.45, 2.75) is 51.4 Å². The van der Waals surface area contributed by atoms with Crippen LogP contribution in [0.15, 0.2) is 36.9 Å². The minimum absolute atomic E-state index is 0.0141. The fourth-order valence-corrected chi connectivity index (χ4v) is 2.32. The normalized spacial score (nSPS) is 22.1. The second-order valence-electron chi connectivity index (χ2n) is 6.31. The van der Waals surface area contributed by atoms with E-state index in [0.717, 1.165) is 17.7 Å². The number of carbonyl (C=O) groups excluding carboxylic acids is 1. The Morgan fingerprint density at radius 2 is 2.05 bits per heavy atom. The van der Waals surface area contributed by atoms with E-state index >= 15 is 0 Å². The number of rotatable bonds is 4. The van der Waals surface area contributed by atoms with E-state index in [-0.39, 0.29) is 23.8 Å². The van der Waals surface area contributed by atoms with Crippen LogP contribution in [-0.2, 0) is 11.2 Å². The van der Waals surface area contributed by atoms with E-state index in [9.17, 15) is 4.79 Å². The van der Waals surface area contributed by atoms with Crippen LogP contribution in [0.4, 0.5) is 4.79 Å². The van der Waals surface area contributed by atoms with Crippen LogP contribution in [0.5, 0.6) is 5.75 Å². The third kappa shape index (κ3) is 4.81. The predicted molar refractivity (Wildman–Crippen MR) is 82.5 cm³/mol. The van der Waals surface area contributed by atoms with Gasteiger partial charge in [0.25, 0.3) is 0 Å². The highest BCUT2D eigenvalue weighted by molar-refractivity contribution is 5.69. The summed E-state index contributed by atoms with van der Waals surface area (Å²) in [5.74, 6) is 0.845. The summed E-state index contributed by atoms with van der Waals surface area (Å²) in [7, 11) is 0. The maximum Gasteiger partial charge on any atom is 0.407 e. The predicted octanol–water partition coefficient (Wildman–Crippen LogP) is 3.46. The lowest BCUT2D eigenvalue weighted by Crippen LogP contribution is -2.45. The molecule has 2 atom stereocenters. The van der Waals surface area contributed by atoms with E-state index in [1.165, 1.54) is 0 Å². The molecule has 1 saturated heterocycles. The monoisotopic (exact) mass is 289 g/mol. The number of cyclic esters (lactones) is 1. The van der Waals surface area contributed by atoms with Gasteiger partial charge in [0, 0.05) is 12.8 Å². The van der Waals surface area contributed by atoms with Crippen LogP contribution >= 0.6 is 0 Å². The first-order valence-electron chi connectivity index (χ1n) is 7.23. The Hall–Kier alpha value is -1.97. The molecule has 4 nitrogen and oxygen atoms in total.